The van der Waals surface area contributed by atoms with E-state index < -0.39 is 5.91 Å². The molecule has 28 heavy (non-hydrogen) atoms. The van der Waals surface area contributed by atoms with E-state index in [0.29, 0.717) is 6.42 Å². The van der Waals surface area contributed by atoms with Gasteiger partial charge >= 0.3 is 0 Å². The van der Waals surface area contributed by atoms with Gasteiger partial charge in [0, 0.05) is 12.5 Å². The molecule has 0 bridgehead atoms. The summed E-state index contributed by atoms with van der Waals surface area (Å²) in [5.74, 6) is 0.814. The maximum absolute atomic E-state index is 12.3. The molecule has 0 radical (unpaired) electrons. The van der Waals surface area contributed by atoms with Crippen molar-refractivity contribution in [2.45, 2.75) is 19.9 Å². The van der Waals surface area contributed by atoms with Crippen molar-refractivity contribution < 1.29 is 14.3 Å². The molecule has 0 saturated carbocycles. The van der Waals surface area contributed by atoms with E-state index in [1.54, 1.807) is 25.3 Å². The van der Waals surface area contributed by atoms with Crippen LogP contribution in [0.1, 0.15) is 18.3 Å². The topological polar surface area (TPSA) is 85.3 Å². The number of fused-ring (bicyclic) bond motifs is 1. The Morgan fingerprint density at radius 1 is 1.11 bits per heavy atom. The molecule has 7 nitrogen and oxygen atoms in total. The number of hydrogen-bond donors (Lipinski definition) is 2. The first kappa shape index (κ1) is 19.2. The molecule has 0 spiro atoms. The Kier molecular flexibility index (Phi) is 6.06. The maximum atomic E-state index is 12.3. The number of ether oxygens (including phenoxy) is 1. The fraction of sp³-hybridized carbons (Fsp3) is 0.190. The molecule has 0 aliphatic heterocycles. The minimum atomic E-state index is -0.421. The summed E-state index contributed by atoms with van der Waals surface area (Å²) in [7, 11) is 1.59. The van der Waals surface area contributed by atoms with Crippen molar-refractivity contribution >= 4 is 28.9 Å². The van der Waals surface area contributed by atoms with Gasteiger partial charge in [0.15, 0.2) is 0 Å². The van der Waals surface area contributed by atoms with Crippen molar-refractivity contribution in [3.8, 4) is 5.75 Å². The monoisotopic (exact) mass is 378 g/mol. The van der Waals surface area contributed by atoms with E-state index in [9.17, 15) is 9.59 Å². The first-order valence-corrected chi connectivity index (χ1v) is 8.95. The lowest BCUT2D eigenvalue weighted by molar-refractivity contribution is -0.127. The molecule has 0 atom stereocenters. The zero-order valence-corrected chi connectivity index (χ0v) is 15.8. The molecule has 3 aromatic rings. The number of nitrogens with zero attached hydrogens (tertiary/aromatic N) is 2. The summed E-state index contributed by atoms with van der Waals surface area (Å²) in [5.41, 5.74) is 7.40. The Morgan fingerprint density at radius 3 is 2.57 bits per heavy atom. The number of nitrogens with one attached hydrogen (secondary N) is 2. The predicted octanol–water partition coefficient (Wildman–Crippen LogP) is 2.47. The normalized spacial score (nSPS) is 10.9. The van der Waals surface area contributed by atoms with Crippen LogP contribution in [0.4, 0.5) is 0 Å². The molecule has 1 heterocycles. The standard InChI is InChI=1S/C21H22N4O3/c1-3-19-22-17-6-4-5-7-18(17)25(19)14-21(27)24-23-20(26)13-10-15-8-11-16(28-2)12-9-15/h4-13H,3,14H2,1-2H3,(H,23,26)(H,24,27)/b13-10+. The Labute approximate surface area is 163 Å². The zero-order valence-electron chi connectivity index (χ0n) is 15.8. The molecule has 2 aromatic carbocycles. The molecule has 2 amide bonds. The average molecular weight is 378 g/mol. The second-order valence-corrected chi connectivity index (χ2v) is 6.10. The lowest BCUT2D eigenvalue weighted by Gasteiger charge is -2.09. The molecular weight excluding hydrogens is 356 g/mol. The highest BCUT2D eigenvalue weighted by Gasteiger charge is 2.12. The molecule has 2 N–H and O–H groups in total. The van der Waals surface area contributed by atoms with Gasteiger partial charge in [-0.25, -0.2) is 4.98 Å². The van der Waals surface area contributed by atoms with Gasteiger partial charge in [-0.1, -0.05) is 31.2 Å². The van der Waals surface area contributed by atoms with E-state index in [0.717, 1.165) is 28.2 Å². The number of carbonyl (C=O) groups excluding carboxylic acids is 2. The van der Waals surface area contributed by atoms with Crippen LogP contribution in [0.15, 0.2) is 54.6 Å². The van der Waals surface area contributed by atoms with Gasteiger partial charge in [-0.2, -0.15) is 0 Å². The fourth-order valence-corrected chi connectivity index (χ4v) is 2.81. The Morgan fingerprint density at radius 2 is 1.86 bits per heavy atom. The molecule has 144 valence electrons. The number of aromatic nitrogens is 2. The zero-order chi connectivity index (χ0) is 19.9. The van der Waals surface area contributed by atoms with Gasteiger partial charge in [0.25, 0.3) is 11.8 Å². The number of rotatable bonds is 6. The van der Waals surface area contributed by atoms with Crippen molar-refractivity contribution in [1.29, 1.82) is 0 Å². The fourth-order valence-electron chi connectivity index (χ4n) is 2.81. The second-order valence-electron chi connectivity index (χ2n) is 6.10. The number of imidazole rings is 1. The van der Waals surface area contributed by atoms with Gasteiger partial charge < -0.3 is 9.30 Å². The summed E-state index contributed by atoms with van der Waals surface area (Å²) in [5, 5.41) is 0. The van der Waals surface area contributed by atoms with Crippen molar-refractivity contribution in [3.05, 3.63) is 66.0 Å². The van der Waals surface area contributed by atoms with Crippen LogP contribution in [-0.2, 0) is 22.6 Å². The van der Waals surface area contributed by atoms with Crippen LogP contribution >= 0.6 is 0 Å². The summed E-state index contributed by atoms with van der Waals surface area (Å²) in [6, 6.07) is 14.9. The highest BCUT2D eigenvalue weighted by molar-refractivity contribution is 5.93. The number of para-hydroxylation sites is 2. The van der Waals surface area contributed by atoms with Crippen LogP contribution < -0.4 is 15.6 Å². The molecule has 0 aliphatic carbocycles. The summed E-state index contributed by atoms with van der Waals surface area (Å²) in [6.07, 6.45) is 3.71. The van der Waals surface area contributed by atoms with Crippen LogP contribution in [0.3, 0.4) is 0 Å². The smallest absolute Gasteiger partial charge is 0.262 e. The summed E-state index contributed by atoms with van der Waals surface area (Å²) < 4.78 is 6.94. The van der Waals surface area contributed by atoms with E-state index in [-0.39, 0.29) is 12.5 Å². The van der Waals surface area contributed by atoms with Gasteiger partial charge in [0.05, 0.1) is 18.1 Å². The van der Waals surface area contributed by atoms with Gasteiger partial charge in [-0.3, -0.25) is 20.4 Å². The van der Waals surface area contributed by atoms with Crippen LogP contribution in [-0.4, -0.2) is 28.5 Å². The first-order chi connectivity index (χ1) is 13.6. The lowest BCUT2D eigenvalue weighted by Crippen LogP contribution is -2.42. The molecule has 7 heteroatoms. The number of aryl methyl sites for hydroxylation is 1. The van der Waals surface area contributed by atoms with E-state index in [1.165, 1.54) is 6.08 Å². The molecule has 0 saturated heterocycles. The van der Waals surface area contributed by atoms with Gasteiger partial charge in [-0.15, -0.1) is 0 Å². The maximum Gasteiger partial charge on any atom is 0.262 e. The first-order valence-electron chi connectivity index (χ1n) is 8.95. The predicted molar refractivity (Wildman–Crippen MR) is 107 cm³/mol. The Hall–Kier alpha value is -3.61. The van der Waals surface area contributed by atoms with Crippen molar-refractivity contribution in [1.82, 2.24) is 20.4 Å². The van der Waals surface area contributed by atoms with E-state index in [4.69, 9.17) is 4.74 Å². The molecule has 0 unspecified atom stereocenters. The van der Waals surface area contributed by atoms with E-state index in [1.807, 2.05) is 47.9 Å². The SMILES string of the molecule is CCc1nc2ccccc2n1CC(=O)NNC(=O)/C=C/c1ccc(OC)cc1. The van der Waals surface area contributed by atoms with Crippen LogP contribution in [0.2, 0.25) is 0 Å². The van der Waals surface area contributed by atoms with E-state index >= 15 is 0 Å². The quantitative estimate of drug-likeness (QED) is 0.510. The highest BCUT2D eigenvalue weighted by Crippen LogP contribution is 2.16. The number of amides is 2. The van der Waals surface area contributed by atoms with Crippen molar-refractivity contribution in [2.24, 2.45) is 0 Å². The minimum absolute atomic E-state index is 0.0756. The van der Waals surface area contributed by atoms with Crippen LogP contribution in [0.5, 0.6) is 5.75 Å². The molecule has 3 rings (SSSR count). The highest BCUT2D eigenvalue weighted by atomic mass is 16.5. The summed E-state index contributed by atoms with van der Waals surface area (Å²) >= 11 is 0. The summed E-state index contributed by atoms with van der Waals surface area (Å²) in [4.78, 5) is 28.7. The number of benzene rings is 2. The van der Waals surface area contributed by atoms with E-state index in [2.05, 4.69) is 15.8 Å². The number of hydrogen-bond acceptors (Lipinski definition) is 4. The number of hydrazine groups is 1. The Bertz CT molecular complexity index is 1010. The van der Waals surface area contributed by atoms with Crippen LogP contribution in [0.25, 0.3) is 17.1 Å². The number of methoxy groups -OCH3 is 1. The molecule has 0 fully saturated rings. The largest absolute Gasteiger partial charge is 0.497 e. The summed E-state index contributed by atoms with van der Waals surface area (Å²) in [6.45, 7) is 2.06. The third-order valence-corrected chi connectivity index (χ3v) is 4.22. The number of carbonyl (C=O) groups is 2. The molecule has 0 aliphatic rings. The van der Waals surface area contributed by atoms with Gasteiger partial charge in [0.2, 0.25) is 0 Å². The Balaban J connectivity index is 1.57. The second kappa shape index (κ2) is 8.85. The third-order valence-electron chi connectivity index (χ3n) is 4.22. The van der Waals surface area contributed by atoms with Crippen molar-refractivity contribution in [3.63, 3.8) is 0 Å². The minimum Gasteiger partial charge on any atom is -0.497 e. The van der Waals surface area contributed by atoms with Crippen LogP contribution in [0, 0.1) is 0 Å². The lowest BCUT2D eigenvalue weighted by atomic mass is 10.2. The molecule has 1 aromatic heterocycles. The van der Waals surface area contributed by atoms with Gasteiger partial charge in [0.1, 0.15) is 18.1 Å². The molecular formula is C21H22N4O3. The third kappa shape index (κ3) is 4.56. The van der Waals surface area contributed by atoms with Crippen molar-refractivity contribution in [2.75, 3.05) is 7.11 Å². The van der Waals surface area contributed by atoms with Gasteiger partial charge in [-0.05, 0) is 35.9 Å². The average Bonchev–Trinajstić information content (AvgIpc) is 3.08.